The molecule has 2 aromatic carbocycles. The molecule has 0 atom stereocenters. The molecule has 12 nitrogen and oxygen atoms in total. The molecule has 0 amide bonds. The van der Waals surface area contributed by atoms with Gasteiger partial charge >= 0.3 is 0 Å². The normalized spacial score (nSPS) is 16.7. The summed E-state index contributed by atoms with van der Waals surface area (Å²) in [6.45, 7) is 7.83. The lowest BCUT2D eigenvalue weighted by Crippen LogP contribution is -2.46. The zero-order valence-corrected chi connectivity index (χ0v) is 31.1. The SMILES string of the molecule is COc1cc(N2CCC3(CCN(C)CC3)CC2)c(-c2cnn(C)c2)cc1Nc1ncc(Br)c(Nc2ccc3nccnc3c2P(C)(C)=O)n1. The van der Waals surface area contributed by atoms with Gasteiger partial charge in [0.05, 0.1) is 40.0 Å². The van der Waals surface area contributed by atoms with Crippen molar-refractivity contribution in [3.05, 3.63) is 59.7 Å². The highest BCUT2D eigenvalue weighted by Crippen LogP contribution is 2.46. The Morgan fingerprint density at radius 3 is 2.35 bits per heavy atom. The quantitative estimate of drug-likeness (QED) is 0.166. The summed E-state index contributed by atoms with van der Waals surface area (Å²) in [7, 11) is 3.09. The van der Waals surface area contributed by atoms with Crippen molar-refractivity contribution in [3.63, 3.8) is 0 Å². The number of hydrogen-bond donors (Lipinski definition) is 2. The number of aromatic nitrogens is 6. The number of nitrogens with one attached hydrogen (secondary N) is 2. The molecule has 0 bridgehead atoms. The summed E-state index contributed by atoms with van der Waals surface area (Å²) in [6.07, 6.45) is 13.8. The van der Waals surface area contributed by atoms with Crippen LogP contribution in [0.25, 0.3) is 22.2 Å². The summed E-state index contributed by atoms with van der Waals surface area (Å²) in [5.74, 6) is 1.57. The number of ether oxygens (including phenoxy) is 1. The van der Waals surface area contributed by atoms with Gasteiger partial charge in [0.1, 0.15) is 24.2 Å². The van der Waals surface area contributed by atoms with Gasteiger partial charge in [-0.15, -0.1) is 0 Å². The van der Waals surface area contributed by atoms with Crippen LogP contribution in [0.3, 0.4) is 0 Å². The average molecular weight is 746 g/mol. The Bertz CT molecular complexity index is 2050. The summed E-state index contributed by atoms with van der Waals surface area (Å²) in [4.78, 5) is 23.3. The number of benzene rings is 2. The highest BCUT2D eigenvalue weighted by molar-refractivity contribution is 9.10. The van der Waals surface area contributed by atoms with E-state index in [0.717, 1.165) is 35.6 Å². The topological polar surface area (TPSA) is 126 Å². The van der Waals surface area contributed by atoms with Gasteiger partial charge in [-0.05, 0) is 98.7 Å². The fourth-order valence-electron chi connectivity index (χ4n) is 7.13. The van der Waals surface area contributed by atoms with Crippen molar-refractivity contribution in [2.24, 2.45) is 12.5 Å². The van der Waals surface area contributed by atoms with Crippen LogP contribution in [-0.4, -0.2) is 88.3 Å². The second-order valence-corrected chi connectivity index (χ2v) is 17.6. The molecule has 49 heavy (non-hydrogen) atoms. The number of hydrogen-bond acceptors (Lipinski definition) is 11. The molecule has 256 valence electrons. The third-order valence-electron chi connectivity index (χ3n) is 9.94. The minimum absolute atomic E-state index is 0.370. The molecule has 2 aliphatic rings. The number of halogens is 1. The molecule has 0 aliphatic carbocycles. The second-order valence-electron chi connectivity index (χ2n) is 13.6. The molecule has 0 radical (unpaired) electrons. The lowest BCUT2D eigenvalue weighted by Gasteiger charge is -2.47. The first-order valence-corrected chi connectivity index (χ1v) is 19.9. The molecule has 2 N–H and O–H groups in total. The summed E-state index contributed by atoms with van der Waals surface area (Å²) in [5, 5.41) is 11.9. The molecule has 1 spiro atoms. The largest absolute Gasteiger partial charge is 0.494 e. The van der Waals surface area contributed by atoms with E-state index in [1.54, 1.807) is 39.0 Å². The number of methoxy groups -OCH3 is 1. The van der Waals surface area contributed by atoms with E-state index >= 15 is 0 Å². The van der Waals surface area contributed by atoms with Crippen molar-refractivity contribution in [2.75, 3.05) is 69.2 Å². The molecule has 14 heteroatoms. The van der Waals surface area contributed by atoms with E-state index in [9.17, 15) is 4.57 Å². The van der Waals surface area contributed by atoms with Crippen LogP contribution in [0.2, 0.25) is 0 Å². The van der Waals surface area contributed by atoms with Gasteiger partial charge in [0.25, 0.3) is 0 Å². The van der Waals surface area contributed by atoms with Gasteiger partial charge in [0.15, 0.2) is 0 Å². The van der Waals surface area contributed by atoms with Crippen LogP contribution in [0, 0.1) is 5.41 Å². The third-order valence-corrected chi connectivity index (χ3v) is 12.1. The van der Waals surface area contributed by atoms with Gasteiger partial charge in [-0.1, -0.05) is 0 Å². The molecule has 0 unspecified atom stereocenters. The Kier molecular flexibility index (Phi) is 9.10. The molecular formula is C35H42BrN10O2P. The second kappa shape index (κ2) is 13.3. The van der Waals surface area contributed by atoms with Crippen LogP contribution in [0.15, 0.2) is 59.7 Å². The molecule has 3 aromatic heterocycles. The van der Waals surface area contributed by atoms with Crippen LogP contribution in [0.5, 0.6) is 5.75 Å². The number of fused-ring (bicyclic) bond motifs is 1. The minimum atomic E-state index is -2.76. The van der Waals surface area contributed by atoms with Crippen molar-refractivity contribution in [1.82, 2.24) is 34.6 Å². The number of nitrogens with zero attached hydrogens (tertiary/aromatic N) is 8. The molecule has 2 saturated heterocycles. The van der Waals surface area contributed by atoms with Crippen molar-refractivity contribution in [3.8, 4) is 16.9 Å². The maximum atomic E-state index is 13.5. The zero-order valence-electron chi connectivity index (χ0n) is 28.6. The smallest absolute Gasteiger partial charge is 0.229 e. The molecule has 5 heterocycles. The summed E-state index contributed by atoms with van der Waals surface area (Å²) in [5.41, 5.74) is 6.33. The highest BCUT2D eigenvalue weighted by atomic mass is 79.9. The predicted octanol–water partition coefficient (Wildman–Crippen LogP) is 6.64. The lowest BCUT2D eigenvalue weighted by molar-refractivity contribution is 0.0945. The molecular weight excluding hydrogens is 703 g/mol. The Morgan fingerprint density at radius 2 is 1.65 bits per heavy atom. The van der Waals surface area contributed by atoms with E-state index < -0.39 is 7.14 Å². The first-order chi connectivity index (χ1) is 23.5. The molecule has 7 rings (SSSR count). The lowest BCUT2D eigenvalue weighted by atomic mass is 9.71. The van der Waals surface area contributed by atoms with Crippen LogP contribution >= 0.6 is 23.1 Å². The highest BCUT2D eigenvalue weighted by Gasteiger charge is 2.37. The van der Waals surface area contributed by atoms with Gasteiger partial charge < -0.3 is 29.7 Å². The zero-order chi connectivity index (χ0) is 34.3. The van der Waals surface area contributed by atoms with Crippen molar-refractivity contribution in [1.29, 1.82) is 0 Å². The Balaban J connectivity index is 1.21. The molecule has 2 aliphatic heterocycles. The number of anilines is 5. The first kappa shape index (κ1) is 33.4. The number of likely N-dealkylation sites (tertiary alicyclic amines) is 1. The van der Waals surface area contributed by atoms with E-state index in [-0.39, 0.29) is 0 Å². The fraction of sp³-hybridized carbons (Fsp3) is 0.400. The number of piperidine rings is 2. The van der Waals surface area contributed by atoms with Crippen molar-refractivity contribution in [2.45, 2.75) is 25.7 Å². The predicted molar refractivity (Wildman–Crippen MR) is 201 cm³/mol. The number of rotatable bonds is 8. The molecule has 5 aromatic rings. The van der Waals surface area contributed by atoms with E-state index in [2.05, 4.69) is 75.6 Å². The minimum Gasteiger partial charge on any atom is -0.494 e. The number of aryl methyl sites for hydroxylation is 1. The Labute approximate surface area is 295 Å². The fourth-order valence-corrected chi connectivity index (χ4v) is 8.82. The standard InChI is InChI=1S/C35H42BrN10O2P/c1-44-14-8-35(9-15-44)10-16-46(17-11-35)29-19-30(48-3)28(18-24(29)23-20-40-45(2)22-23)42-34-39-21-25(36)33(43-34)41-27-7-6-26-31(38-13-12-37-26)32(27)49(4,5)47/h6-7,12-13,18-22H,8-11,14-17H2,1-5H3,(H2,39,41,42,43). The van der Waals surface area contributed by atoms with E-state index in [0.29, 0.717) is 49.4 Å². The van der Waals surface area contributed by atoms with Gasteiger partial charge in [-0.3, -0.25) is 14.6 Å². The monoisotopic (exact) mass is 744 g/mol. The first-order valence-electron chi connectivity index (χ1n) is 16.5. The van der Waals surface area contributed by atoms with Gasteiger partial charge in [-0.2, -0.15) is 10.1 Å². The summed E-state index contributed by atoms with van der Waals surface area (Å²) in [6, 6.07) is 7.96. The van der Waals surface area contributed by atoms with E-state index in [1.165, 1.54) is 38.8 Å². The third kappa shape index (κ3) is 6.89. The summed E-state index contributed by atoms with van der Waals surface area (Å²) < 4.78 is 21.9. The van der Waals surface area contributed by atoms with Crippen LogP contribution < -0.4 is 25.6 Å². The maximum Gasteiger partial charge on any atom is 0.229 e. The maximum absolute atomic E-state index is 13.5. The van der Waals surface area contributed by atoms with Gasteiger partial charge in [-0.25, -0.2) is 4.98 Å². The van der Waals surface area contributed by atoms with Gasteiger partial charge in [0.2, 0.25) is 5.95 Å². The van der Waals surface area contributed by atoms with Crippen molar-refractivity contribution < 1.29 is 9.30 Å². The molecule has 0 saturated carbocycles. The molecule has 2 fully saturated rings. The van der Waals surface area contributed by atoms with Crippen molar-refractivity contribution >= 4 is 68.2 Å². The van der Waals surface area contributed by atoms with Crippen LogP contribution in [0.1, 0.15) is 25.7 Å². The van der Waals surface area contributed by atoms with E-state index in [4.69, 9.17) is 9.72 Å². The average Bonchev–Trinajstić information content (AvgIpc) is 3.53. The summed E-state index contributed by atoms with van der Waals surface area (Å²) >= 11 is 3.60. The Morgan fingerprint density at radius 1 is 0.918 bits per heavy atom. The van der Waals surface area contributed by atoms with Crippen LogP contribution in [-0.2, 0) is 11.6 Å². The Hall–Kier alpha value is -4.06. The van der Waals surface area contributed by atoms with Crippen LogP contribution in [0.4, 0.5) is 28.8 Å². The van der Waals surface area contributed by atoms with E-state index in [1.807, 2.05) is 36.3 Å². The van der Waals surface area contributed by atoms with Gasteiger partial charge in [0, 0.05) is 67.8 Å².